The molecule has 1 saturated carbocycles. The maximum Gasteiger partial charge on any atom is 0.355 e. The van der Waals surface area contributed by atoms with Crippen molar-refractivity contribution in [2.24, 2.45) is 5.10 Å². The van der Waals surface area contributed by atoms with Gasteiger partial charge in [0.15, 0.2) is 11.3 Å². The molecule has 2 heterocycles. The van der Waals surface area contributed by atoms with Gasteiger partial charge in [0.25, 0.3) is 5.91 Å². The molecule has 2 atom stereocenters. The van der Waals surface area contributed by atoms with Crippen LogP contribution in [0.25, 0.3) is 0 Å². The van der Waals surface area contributed by atoms with Crippen molar-refractivity contribution >= 4 is 46.5 Å². The van der Waals surface area contributed by atoms with Gasteiger partial charge in [0, 0.05) is 27.9 Å². The Morgan fingerprint density at radius 1 is 1.24 bits per heavy atom. The molecule has 3 aliphatic rings. The SMILES string of the molecule is CCOC(=O)C1=NN(C2CCCCC2)[C@]2(C(=O)Nc3ccc(Cl)cc32)[C@H]1c1cccc(Cl)c1F. The molecule has 1 spiro atoms. The van der Waals surface area contributed by atoms with Crippen molar-refractivity contribution in [1.82, 2.24) is 5.01 Å². The highest BCUT2D eigenvalue weighted by atomic mass is 35.5. The van der Waals surface area contributed by atoms with Gasteiger partial charge in [-0.15, -0.1) is 0 Å². The van der Waals surface area contributed by atoms with Crippen LogP contribution in [0.4, 0.5) is 10.1 Å². The van der Waals surface area contributed by atoms with Crippen LogP contribution < -0.4 is 5.32 Å². The van der Waals surface area contributed by atoms with Crippen LogP contribution in [0.3, 0.4) is 0 Å². The molecule has 6 nitrogen and oxygen atoms in total. The number of carbonyl (C=O) groups excluding carboxylic acids is 2. The van der Waals surface area contributed by atoms with Gasteiger partial charge in [0.1, 0.15) is 5.82 Å². The van der Waals surface area contributed by atoms with E-state index in [1.807, 2.05) is 0 Å². The molecular weight excluding hydrogens is 480 g/mol. The van der Waals surface area contributed by atoms with E-state index >= 15 is 4.39 Å². The molecule has 1 amide bonds. The second kappa shape index (κ2) is 8.86. The van der Waals surface area contributed by atoms with E-state index in [-0.39, 0.29) is 34.9 Å². The van der Waals surface area contributed by atoms with Gasteiger partial charge in [0.05, 0.1) is 17.5 Å². The Hall–Kier alpha value is -2.64. The lowest BCUT2D eigenvalue weighted by Gasteiger charge is -2.42. The van der Waals surface area contributed by atoms with Crippen molar-refractivity contribution < 1.29 is 18.7 Å². The van der Waals surface area contributed by atoms with Crippen molar-refractivity contribution in [3.63, 3.8) is 0 Å². The number of esters is 1. The van der Waals surface area contributed by atoms with Gasteiger partial charge in [-0.05, 0) is 44.0 Å². The second-order valence-corrected chi connectivity index (χ2v) is 9.67. The summed E-state index contributed by atoms with van der Waals surface area (Å²) in [5.41, 5.74) is -0.293. The van der Waals surface area contributed by atoms with Crippen molar-refractivity contribution in [3.05, 3.63) is 63.4 Å². The number of nitrogens with one attached hydrogen (secondary N) is 1. The number of fused-ring (bicyclic) bond motifs is 2. The highest BCUT2D eigenvalue weighted by Gasteiger charge is 2.65. The van der Waals surface area contributed by atoms with Crippen molar-refractivity contribution in [3.8, 4) is 0 Å². The number of ether oxygens (including phenoxy) is 1. The number of benzene rings is 2. The lowest BCUT2D eigenvalue weighted by atomic mass is 9.72. The average Bonchev–Trinajstić information content (AvgIpc) is 3.33. The Kier molecular flexibility index (Phi) is 6.02. The number of anilines is 1. The molecule has 178 valence electrons. The number of carbonyl (C=O) groups is 2. The molecule has 1 aliphatic carbocycles. The normalized spacial score (nSPS) is 24.2. The van der Waals surface area contributed by atoms with Gasteiger partial charge >= 0.3 is 5.97 Å². The predicted molar refractivity (Wildman–Crippen MR) is 129 cm³/mol. The zero-order valence-electron chi connectivity index (χ0n) is 18.6. The number of hydrazone groups is 1. The highest BCUT2D eigenvalue weighted by molar-refractivity contribution is 6.41. The van der Waals surface area contributed by atoms with Crippen LogP contribution in [0, 0.1) is 5.82 Å². The molecule has 0 bridgehead atoms. The minimum Gasteiger partial charge on any atom is -0.461 e. The van der Waals surface area contributed by atoms with Gasteiger partial charge in [-0.2, -0.15) is 5.10 Å². The number of hydrogen-bond acceptors (Lipinski definition) is 5. The zero-order valence-corrected chi connectivity index (χ0v) is 20.1. The number of halogens is 3. The fourth-order valence-electron chi connectivity index (χ4n) is 5.55. The third-order valence-corrected chi connectivity index (χ3v) is 7.48. The number of amides is 1. The third-order valence-electron chi connectivity index (χ3n) is 6.95. The molecule has 2 aromatic carbocycles. The molecule has 2 aromatic rings. The molecule has 1 N–H and O–H groups in total. The Labute approximate surface area is 207 Å². The fraction of sp³-hybridized carbons (Fsp3) is 0.400. The molecule has 1 fully saturated rings. The smallest absolute Gasteiger partial charge is 0.355 e. The Morgan fingerprint density at radius 3 is 2.74 bits per heavy atom. The van der Waals surface area contributed by atoms with Crippen molar-refractivity contribution in [2.75, 3.05) is 11.9 Å². The quantitative estimate of drug-likeness (QED) is 0.548. The zero-order chi connectivity index (χ0) is 24.0. The molecule has 0 unspecified atom stereocenters. The highest BCUT2D eigenvalue weighted by Crippen LogP contribution is 2.56. The van der Waals surface area contributed by atoms with Gasteiger partial charge in [-0.25, -0.2) is 9.18 Å². The molecule has 34 heavy (non-hydrogen) atoms. The van der Waals surface area contributed by atoms with Gasteiger partial charge in [0.2, 0.25) is 0 Å². The first-order chi connectivity index (χ1) is 16.4. The van der Waals surface area contributed by atoms with Crippen LogP contribution in [-0.2, 0) is 19.9 Å². The molecule has 2 aliphatic heterocycles. The fourth-order valence-corrected chi connectivity index (χ4v) is 5.91. The Balaban J connectivity index is 1.81. The van der Waals surface area contributed by atoms with Crippen LogP contribution in [0.15, 0.2) is 41.5 Å². The summed E-state index contributed by atoms with van der Waals surface area (Å²) in [6, 6.07) is 9.57. The Morgan fingerprint density at radius 2 is 2.00 bits per heavy atom. The van der Waals surface area contributed by atoms with Gasteiger partial charge in [-0.3, -0.25) is 9.80 Å². The second-order valence-electron chi connectivity index (χ2n) is 8.83. The maximum atomic E-state index is 15.5. The van der Waals surface area contributed by atoms with Crippen LogP contribution in [0.1, 0.15) is 56.1 Å². The van der Waals surface area contributed by atoms with E-state index in [1.54, 1.807) is 42.3 Å². The van der Waals surface area contributed by atoms with E-state index in [0.717, 1.165) is 32.1 Å². The molecule has 9 heteroatoms. The van der Waals surface area contributed by atoms with E-state index in [4.69, 9.17) is 33.0 Å². The molecule has 0 aromatic heterocycles. The summed E-state index contributed by atoms with van der Waals surface area (Å²) in [6.07, 6.45) is 4.64. The molecule has 0 radical (unpaired) electrons. The van der Waals surface area contributed by atoms with Gasteiger partial charge < -0.3 is 10.1 Å². The summed E-state index contributed by atoms with van der Waals surface area (Å²) in [5.74, 6) is -2.85. The van der Waals surface area contributed by atoms with E-state index in [9.17, 15) is 9.59 Å². The number of hydrogen-bond donors (Lipinski definition) is 1. The van der Waals surface area contributed by atoms with Crippen LogP contribution >= 0.6 is 23.2 Å². The van der Waals surface area contributed by atoms with Crippen LogP contribution in [0.2, 0.25) is 10.0 Å². The standard InChI is InChI=1S/C25H24Cl2FN3O3/c1-2-34-23(32)22-20(16-9-6-10-18(27)21(16)28)25(31(30-22)15-7-4-3-5-8-15)17-13-14(26)11-12-19(17)29-24(25)33/h6,9-13,15,20H,2-5,7-8H2,1H3,(H,29,33)/t20-,25-/m0/s1. The van der Waals surface area contributed by atoms with Crippen LogP contribution in [0.5, 0.6) is 0 Å². The lowest BCUT2D eigenvalue weighted by Crippen LogP contribution is -2.54. The molecular formula is C25H24Cl2FN3O3. The third kappa shape index (κ3) is 3.40. The summed E-state index contributed by atoms with van der Waals surface area (Å²) in [6.45, 7) is 1.81. The Bertz CT molecular complexity index is 1200. The van der Waals surface area contributed by atoms with E-state index in [1.165, 1.54) is 6.07 Å². The first-order valence-electron chi connectivity index (χ1n) is 11.5. The monoisotopic (exact) mass is 503 g/mol. The summed E-state index contributed by atoms with van der Waals surface area (Å²) in [7, 11) is 0. The molecule has 5 rings (SSSR count). The summed E-state index contributed by atoms with van der Waals surface area (Å²) in [5, 5.41) is 9.71. The summed E-state index contributed by atoms with van der Waals surface area (Å²) < 4.78 is 20.9. The van der Waals surface area contributed by atoms with E-state index in [2.05, 4.69) is 5.32 Å². The minimum absolute atomic E-state index is 0.0171. The number of rotatable bonds is 4. The average molecular weight is 504 g/mol. The lowest BCUT2D eigenvalue weighted by molar-refractivity contribution is -0.135. The van der Waals surface area contributed by atoms with Crippen LogP contribution in [-0.4, -0.2) is 35.2 Å². The first kappa shape index (κ1) is 23.1. The van der Waals surface area contributed by atoms with Crippen molar-refractivity contribution in [1.29, 1.82) is 0 Å². The summed E-state index contributed by atoms with van der Waals surface area (Å²) in [4.78, 5) is 27.1. The first-order valence-corrected chi connectivity index (χ1v) is 12.3. The summed E-state index contributed by atoms with van der Waals surface area (Å²) >= 11 is 12.5. The number of nitrogens with zero attached hydrogens (tertiary/aromatic N) is 2. The van der Waals surface area contributed by atoms with E-state index < -0.39 is 23.2 Å². The minimum atomic E-state index is -1.50. The largest absolute Gasteiger partial charge is 0.461 e. The van der Waals surface area contributed by atoms with Gasteiger partial charge in [-0.1, -0.05) is 54.6 Å². The predicted octanol–water partition coefficient (Wildman–Crippen LogP) is 5.63. The van der Waals surface area contributed by atoms with Crippen molar-refractivity contribution in [2.45, 2.75) is 56.5 Å². The van der Waals surface area contributed by atoms with E-state index in [0.29, 0.717) is 16.3 Å². The topological polar surface area (TPSA) is 71.0 Å². The molecule has 0 saturated heterocycles. The maximum absolute atomic E-state index is 15.5.